The van der Waals surface area contributed by atoms with Crippen molar-refractivity contribution in [1.29, 1.82) is 0 Å². The highest BCUT2D eigenvalue weighted by Crippen LogP contribution is 2.20. The highest BCUT2D eigenvalue weighted by atomic mass is 16.6. The highest BCUT2D eigenvalue weighted by Gasteiger charge is 2.19. The molecule has 0 saturated carbocycles. The second kappa shape index (κ2) is 6.53. The molecule has 0 radical (unpaired) electrons. The van der Waals surface area contributed by atoms with E-state index in [0.717, 1.165) is 6.07 Å². The Morgan fingerprint density at radius 3 is 2.64 bits per heavy atom. The van der Waals surface area contributed by atoms with Gasteiger partial charge in [0.05, 0.1) is 23.9 Å². The fraction of sp³-hybridized carbons (Fsp3) is 0.143. The zero-order valence-corrected chi connectivity index (χ0v) is 11.6. The van der Waals surface area contributed by atoms with Gasteiger partial charge in [-0.05, 0) is 25.1 Å². The van der Waals surface area contributed by atoms with Crippen LogP contribution in [0.25, 0.3) is 0 Å². The normalized spacial score (nSPS) is 10.0. The number of carbonyl (C=O) groups excluding carboxylic acids is 2. The lowest BCUT2D eigenvalue weighted by atomic mass is 10.1. The van der Waals surface area contributed by atoms with Gasteiger partial charge in [0.2, 0.25) is 0 Å². The second-order valence-corrected chi connectivity index (χ2v) is 4.12. The maximum absolute atomic E-state index is 12.0. The minimum atomic E-state index is -0.747. The van der Waals surface area contributed by atoms with Crippen LogP contribution in [0.5, 0.6) is 0 Å². The van der Waals surface area contributed by atoms with Gasteiger partial charge in [-0.25, -0.2) is 4.79 Å². The summed E-state index contributed by atoms with van der Waals surface area (Å²) in [6.07, 6.45) is 0. The Morgan fingerprint density at radius 2 is 2.00 bits per heavy atom. The highest BCUT2D eigenvalue weighted by molar-refractivity contribution is 6.06. The van der Waals surface area contributed by atoms with E-state index in [2.05, 4.69) is 5.32 Å². The summed E-state index contributed by atoms with van der Waals surface area (Å²) in [5.74, 6) is -2.05. The maximum atomic E-state index is 12.0. The first-order valence-corrected chi connectivity index (χ1v) is 6.34. The number of nitrogens with one attached hydrogen (secondary N) is 1. The molecule has 1 aromatic heterocycles. The van der Waals surface area contributed by atoms with Crippen molar-refractivity contribution in [1.82, 2.24) is 0 Å². The second-order valence-electron chi connectivity index (χ2n) is 4.12. The Bertz CT molecular complexity index is 722. The number of ether oxygens (including phenoxy) is 1. The van der Waals surface area contributed by atoms with E-state index in [9.17, 15) is 19.7 Å². The van der Waals surface area contributed by atoms with E-state index in [1.165, 1.54) is 18.2 Å². The molecule has 0 atom stereocenters. The van der Waals surface area contributed by atoms with Crippen LogP contribution in [0.4, 0.5) is 11.6 Å². The van der Waals surface area contributed by atoms with Gasteiger partial charge in [0.15, 0.2) is 5.76 Å². The molecule has 2 aromatic rings. The summed E-state index contributed by atoms with van der Waals surface area (Å²) in [5.41, 5.74) is 0.406. The van der Waals surface area contributed by atoms with Gasteiger partial charge in [0.25, 0.3) is 5.91 Å². The van der Waals surface area contributed by atoms with Crippen molar-refractivity contribution in [3.05, 3.63) is 57.8 Å². The fourth-order valence-corrected chi connectivity index (χ4v) is 1.71. The predicted molar refractivity (Wildman–Crippen MR) is 75.7 cm³/mol. The minimum absolute atomic E-state index is 0.179. The molecule has 0 fully saturated rings. The van der Waals surface area contributed by atoms with Gasteiger partial charge in [-0.2, -0.15) is 0 Å². The molecule has 0 aliphatic carbocycles. The minimum Gasteiger partial charge on any atom is -0.462 e. The van der Waals surface area contributed by atoms with Crippen LogP contribution in [0.15, 0.2) is 40.8 Å². The Hall–Kier alpha value is -3.16. The van der Waals surface area contributed by atoms with Crippen molar-refractivity contribution in [2.75, 3.05) is 11.9 Å². The fourth-order valence-electron chi connectivity index (χ4n) is 1.71. The number of nitro groups is 1. The quantitative estimate of drug-likeness (QED) is 0.516. The maximum Gasteiger partial charge on any atom is 0.433 e. The van der Waals surface area contributed by atoms with Crippen LogP contribution in [-0.2, 0) is 4.74 Å². The summed E-state index contributed by atoms with van der Waals surface area (Å²) in [5, 5.41) is 13.0. The van der Waals surface area contributed by atoms with Crippen LogP contribution >= 0.6 is 0 Å². The average Bonchev–Trinajstić information content (AvgIpc) is 2.98. The third-order valence-corrected chi connectivity index (χ3v) is 2.67. The number of carbonyl (C=O) groups is 2. The van der Waals surface area contributed by atoms with Crippen LogP contribution in [0, 0.1) is 10.1 Å². The number of esters is 1. The smallest absolute Gasteiger partial charge is 0.433 e. The molecule has 1 aromatic carbocycles. The Labute approximate surface area is 124 Å². The summed E-state index contributed by atoms with van der Waals surface area (Å²) < 4.78 is 9.69. The standard InChI is InChI=1S/C14H12N2O6/c1-2-21-14(18)9-5-3-4-6-10(9)15-13(17)11-7-8-12(22-11)16(19)20/h3-8H,2H2,1H3,(H,15,17). The van der Waals surface area contributed by atoms with Crippen LogP contribution in [0.3, 0.4) is 0 Å². The molecule has 1 amide bonds. The molecule has 0 unspecified atom stereocenters. The zero-order valence-electron chi connectivity index (χ0n) is 11.6. The topological polar surface area (TPSA) is 112 Å². The van der Waals surface area contributed by atoms with E-state index < -0.39 is 22.7 Å². The molecule has 0 aliphatic heterocycles. The predicted octanol–water partition coefficient (Wildman–Crippen LogP) is 2.62. The molecule has 1 N–H and O–H groups in total. The van der Waals surface area contributed by atoms with Gasteiger partial charge in [0, 0.05) is 0 Å². The summed E-state index contributed by atoms with van der Waals surface area (Å²) in [6, 6.07) is 8.52. The molecule has 2 rings (SSSR count). The lowest BCUT2D eigenvalue weighted by Gasteiger charge is -2.09. The van der Waals surface area contributed by atoms with E-state index in [1.54, 1.807) is 19.1 Å². The van der Waals surface area contributed by atoms with Crippen molar-refractivity contribution in [2.45, 2.75) is 6.92 Å². The van der Waals surface area contributed by atoms with Crippen LogP contribution in [-0.4, -0.2) is 23.4 Å². The number of furan rings is 1. The average molecular weight is 304 g/mol. The number of benzene rings is 1. The van der Waals surface area contributed by atoms with Crippen molar-refractivity contribution >= 4 is 23.4 Å². The number of amides is 1. The lowest BCUT2D eigenvalue weighted by Crippen LogP contribution is -2.15. The van der Waals surface area contributed by atoms with Gasteiger partial charge in [-0.1, -0.05) is 12.1 Å². The van der Waals surface area contributed by atoms with E-state index in [1.807, 2.05) is 0 Å². The number of hydrogen-bond donors (Lipinski definition) is 1. The molecular weight excluding hydrogens is 292 g/mol. The van der Waals surface area contributed by atoms with Crippen LogP contribution < -0.4 is 5.32 Å². The molecule has 114 valence electrons. The van der Waals surface area contributed by atoms with Crippen LogP contribution in [0.1, 0.15) is 27.8 Å². The first-order chi connectivity index (χ1) is 10.5. The molecule has 0 bridgehead atoms. The number of nitrogens with zero attached hydrogens (tertiary/aromatic N) is 1. The molecule has 0 spiro atoms. The third-order valence-electron chi connectivity index (χ3n) is 2.67. The molecule has 0 aliphatic rings. The Balaban J connectivity index is 2.21. The van der Waals surface area contributed by atoms with Crippen molar-refractivity contribution < 1.29 is 23.7 Å². The van der Waals surface area contributed by atoms with Gasteiger partial charge >= 0.3 is 11.9 Å². The number of rotatable bonds is 5. The molecule has 1 heterocycles. The summed E-state index contributed by atoms with van der Waals surface area (Å²) in [6.45, 7) is 1.87. The molecule has 0 saturated heterocycles. The summed E-state index contributed by atoms with van der Waals surface area (Å²) in [7, 11) is 0. The van der Waals surface area contributed by atoms with E-state index in [4.69, 9.17) is 9.15 Å². The summed E-state index contributed by atoms with van der Waals surface area (Å²) in [4.78, 5) is 33.6. The van der Waals surface area contributed by atoms with E-state index >= 15 is 0 Å². The lowest BCUT2D eigenvalue weighted by molar-refractivity contribution is -0.402. The Kier molecular flexibility index (Phi) is 4.52. The zero-order chi connectivity index (χ0) is 16.1. The van der Waals surface area contributed by atoms with Crippen molar-refractivity contribution in [2.24, 2.45) is 0 Å². The molecule has 8 heteroatoms. The molecular formula is C14H12N2O6. The van der Waals surface area contributed by atoms with Gasteiger partial charge in [-0.3, -0.25) is 14.9 Å². The first-order valence-electron chi connectivity index (χ1n) is 6.34. The first kappa shape index (κ1) is 15.2. The van der Waals surface area contributed by atoms with Crippen molar-refractivity contribution in [3.63, 3.8) is 0 Å². The monoisotopic (exact) mass is 304 g/mol. The number of anilines is 1. The van der Waals surface area contributed by atoms with Gasteiger partial charge < -0.3 is 14.5 Å². The third kappa shape index (κ3) is 3.29. The van der Waals surface area contributed by atoms with Crippen molar-refractivity contribution in [3.8, 4) is 0 Å². The van der Waals surface area contributed by atoms with Gasteiger partial charge in [0.1, 0.15) is 4.92 Å². The van der Waals surface area contributed by atoms with Crippen LogP contribution in [0.2, 0.25) is 0 Å². The number of hydrogen-bond acceptors (Lipinski definition) is 6. The summed E-state index contributed by atoms with van der Waals surface area (Å²) >= 11 is 0. The SMILES string of the molecule is CCOC(=O)c1ccccc1NC(=O)c1ccc([N+](=O)[O-])o1. The largest absolute Gasteiger partial charge is 0.462 e. The van der Waals surface area contributed by atoms with E-state index in [-0.39, 0.29) is 23.6 Å². The van der Waals surface area contributed by atoms with Gasteiger partial charge in [-0.15, -0.1) is 0 Å². The molecule has 8 nitrogen and oxygen atoms in total. The number of para-hydroxylation sites is 1. The molecule has 22 heavy (non-hydrogen) atoms. The van der Waals surface area contributed by atoms with E-state index in [0.29, 0.717) is 0 Å². The Morgan fingerprint density at radius 1 is 1.27 bits per heavy atom.